The van der Waals surface area contributed by atoms with Gasteiger partial charge < -0.3 is 20.2 Å². The molecule has 2 atom stereocenters. The van der Waals surface area contributed by atoms with Crippen LogP contribution in [0.15, 0.2) is 0 Å². The van der Waals surface area contributed by atoms with Crippen LogP contribution in [-0.2, 0) is 13.9 Å². The van der Waals surface area contributed by atoms with Crippen LogP contribution in [0.4, 0.5) is 0 Å². The molecule has 0 fully saturated rings. The summed E-state index contributed by atoms with van der Waals surface area (Å²) >= 11 is 0. The van der Waals surface area contributed by atoms with Gasteiger partial charge in [-0.05, 0) is 12.8 Å². The minimum atomic E-state index is -4.68. The standard InChI is InChI=1S/C35H72NO6P/c1-3-5-7-9-11-13-15-17-19-21-23-25-27-29-31-35(38)36-33(32-42-43(39,40)41)34(37)30-28-26-24-22-20-18-16-14-12-10-8-6-4-2/h33-34,37H,3-32H2,1-2H3,(H,36,38)(H2,39,40,41)/t33-,34+/m0/s1. The van der Waals surface area contributed by atoms with E-state index in [9.17, 15) is 14.5 Å². The molecule has 0 heterocycles. The number of amides is 1. The van der Waals surface area contributed by atoms with Gasteiger partial charge in [0.05, 0.1) is 18.8 Å². The lowest BCUT2D eigenvalue weighted by molar-refractivity contribution is -0.123. The third-order valence-corrected chi connectivity index (χ3v) is 9.08. The topological polar surface area (TPSA) is 116 Å². The van der Waals surface area contributed by atoms with E-state index >= 15 is 0 Å². The van der Waals surface area contributed by atoms with E-state index < -0.39 is 26.6 Å². The molecule has 0 rings (SSSR count). The molecule has 43 heavy (non-hydrogen) atoms. The smallest absolute Gasteiger partial charge is 0.391 e. The summed E-state index contributed by atoms with van der Waals surface area (Å²) in [7, 11) is -4.68. The van der Waals surface area contributed by atoms with E-state index in [0.717, 1.165) is 38.5 Å². The summed E-state index contributed by atoms with van der Waals surface area (Å²) in [5.74, 6) is -0.192. The second-order valence-electron chi connectivity index (χ2n) is 12.9. The zero-order chi connectivity index (χ0) is 31.9. The summed E-state index contributed by atoms with van der Waals surface area (Å²) in [5, 5.41) is 13.5. The highest BCUT2D eigenvalue weighted by Crippen LogP contribution is 2.36. The van der Waals surface area contributed by atoms with Crippen LogP contribution < -0.4 is 5.32 Å². The van der Waals surface area contributed by atoms with E-state index in [-0.39, 0.29) is 5.91 Å². The quantitative estimate of drug-likeness (QED) is 0.0414. The molecule has 8 heteroatoms. The van der Waals surface area contributed by atoms with Crippen LogP contribution in [0.1, 0.15) is 200 Å². The van der Waals surface area contributed by atoms with Gasteiger partial charge in [0.15, 0.2) is 0 Å². The summed E-state index contributed by atoms with van der Waals surface area (Å²) in [4.78, 5) is 30.8. The number of nitrogens with one attached hydrogen (secondary N) is 1. The predicted molar refractivity (Wildman–Crippen MR) is 181 cm³/mol. The van der Waals surface area contributed by atoms with Gasteiger partial charge in [0, 0.05) is 6.42 Å². The summed E-state index contributed by atoms with van der Waals surface area (Å²) < 4.78 is 15.9. The van der Waals surface area contributed by atoms with E-state index in [2.05, 4.69) is 23.7 Å². The lowest BCUT2D eigenvalue weighted by atomic mass is 10.0. The second-order valence-corrected chi connectivity index (χ2v) is 14.1. The Morgan fingerprint density at radius 2 is 0.907 bits per heavy atom. The number of carbonyl (C=O) groups excluding carboxylic acids is 1. The van der Waals surface area contributed by atoms with Gasteiger partial charge in [-0.2, -0.15) is 0 Å². The molecule has 0 aliphatic rings. The summed E-state index contributed by atoms with van der Waals surface area (Å²) in [6, 6.07) is -0.816. The molecule has 0 radical (unpaired) electrons. The van der Waals surface area contributed by atoms with Crippen molar-refractivity contribution < 1.29 is 28.8 Å². The molecule has 0 spiro atoms. The van der Waals surface area contributed by atoms with E-state index in [1.807, 2.05) is 0 Å². The van der Waals surface area contributed by atoms with Gasteiger partial charge in [-0.1, -0.05) is 181 Å². The maximum Gasteiger partial charge on any atom is 0.469 e. The van der Waals surface area contributed by atoms with Crippen LogP contribution in [0.2, 0.25) is 0 Å². The Balaban J connectivity index is 3.96. The molecule has 0 bridgehead atoms. The molecule has 0 aliphatic carbocycles. The van der Waals surface area contributed by atoms with Gasteiger partial charge in [0.1, 0.15) is 0 Å². The van der Waals surface area contributed by atoms with Gasteiger partial charge in [-0.25, -0.2) is 4.57 Å². The fraction of sp³-hybridized carbons (Fsp3) is 0.971. The third-order valence-electron chi connectivity index (χ3n) is 8.59. The SMILES string of the molecule is CCCCCCCCCCCCCCCCC(=O)N[C@@H](COP(=O)(O)O)[C@H](O)CCCCCCCCCCCCCCC. The number of aliphatic hydroxyl groups is 1. The first-order valence-electron chi connectivity index (χ1n) is 18.5. The van der Waals surface area contributed by atoms with Crippen LogP contribution in [0.5, 0.6) is 0 Å². The van der Waals surface area contributed by atoms with Crippen molar-refractivity contribution in [1.82, 2.24) is 5.32 Å². The van der Waals surface area contributed by atoms with E-state index in [4.69, 9.17) is 9.79 Å². The molecule has 0 aromatic rings. The van der Waals surface area contributed by atoms with Crippen LogP contribution in [-0.4, -0.2) is 39.6 Å². The Hall–Kier alpha value is -0.460. The minimum Gasteiger partial charge on any atom is -0.391 e. The molecule has 0 saturated heterocycles. The zero-order valence-electron chi connectivity index (χ0n) is 28.4. The number of hydrogen-bond acceptors (Lipinski definition) is 4. The van der Waals surface area contributed by atoms with Crippen LogP contribution >= 0.6 is 7.82 Å². The Morgan fingerprint density at radius 3 is 1.26 bits per heavy atom. The van der Waals surface area contributed by atoms with Gasteiger partial charge >= 0.3 is 7.82 Å². The van der Waals surface area contributed by atoms with E-state index in [1.165, 1.54) is 135 Å². The van der Waals surface area contributed by atoms with Gasteiger partial charge in [0.2, 0.25) is 5.91 Å². The van der Waals surface area contributed by atoms with Crippen molar-refractivity contribution in [2.45, 2.75) is 212 Å². The normalized spacial score (nSPS) is 13.3. The highest BCUT2D eigenvalue weighted by atomic mass is 31.2. The number of phosphoric ester groups is 1. The lowest BCUT2D eigenvalue weighted by Crippen LogP contribution is -2.46. The van der Waals surface area contributed by atoms with Crippen molar-refractivity contribution in [3.63, 3.8) is 0 Å². The average molecular weight is 634 g/mol. The van der Waals surface area contributed by atoms with Crippen LogP contribution in [0, 0.1) is 0 Å². The van der Waals surface area contributed by atoms with Gasteiger partial charge in [0.25, 0.3) is 0 Å². The maximum absolute atomic E-state index is 12.5. The molecule has 1 amide bonds. The van der Waals surface area contributed by atoms with Crippen molar-refractivity contribution in [1.29, 1.82) is 0 Å². The van der Waals surface area contributed by atoms with Crippen molar-refractivity contribution in [3.05, 3.63) is 0 Å². The van der Waals surface area contributed by atoms with E-state index in [1.54, 1.807) is 0 Å². The number of rotatable bonds is 34. The average Bonchev–Trinajstić information content (AvgIpc) is 2.97. The van der Waals surface area contributed by atoms with Gasteiger partial charge in [-0.3, -0.25) is 9.32 Å². The number of aliphatic hydroxyl groups excluding tert-OH is 1. The first-order valence-corrected chi connectivity index (χ1v) is 20.0. The molecular weight excluding hydrogens is 561 g/mol. The maximum atomic E-state index is 12.5. The van der Waals surface area contributed by atoms with Crippen molar-refractivity contribution >= 4 is 13.7 Å². The van der Waals surface area contributed by atoms with Crippen LogP contribution in [0.3, 0.4) is 0 Å². The summed E-state index contributed by atoms with van der Waals surface area (Å²) in [6.07, 6.45) is 33.6. The number of phosphoric acid groups is 1. The van der Waals surface area contributed by atoms with Gasteiger partial charge in [-0.15, -0.1) is 0 Å². The van der Waals surface area contributed by atoms with E-state index in [0.29, 0.717) is 12.8 Å². The highest BCUT2D eigenvalue weighted by molar-refractivity contribution is 7.46. The molecule has 0 aromatic heterocycles. The van der Waals surface area contributed by atoms with Crippen molar-refractivity contribution in [2.24, 2.45) is 0 Å². The molecule has 0 aliphatic heterocycles. The minimum absolute atomic E-state index is 0.192. The monoisotopic (exact) mass is 634 g/mol. The summed E-state index contributed by atoms with van der Waals surface area (Å²) in [6.45, 7) is 4.11. The molecule has 0 aromatic carbocycles. The predicted octanol–water partition coefficient (Wildman–Crippen LogP) is 10.3. The number of unbranched alkanes of at least 4 members (excludes halogenated alkanes) is 25. The Bertz CT molecular complexity index is 644. The Kier molecular flexibility index (Phi) is 31.2. The summed E-state index contributed by atoms with van der Waals surface area (Å²) in [5.41, 5.74) is 0. The third kappa shape index (κ3) is 32.7. The molecule has 7 nitrogen and oxygen atoms in total. The molecule has 0 unspecified atom stereocenters. The molecular formula is C35H72NO6P. The Labute approximate surface area is 266 Å². The van der Waals surface area contributed by atoms with Crippen LogP contribution in [0.25, 0.3) is 0 Å². The Morgan fingerprint density at radius 1 is 0.581 bits per heavy atom. The number of carbonyl (C=O) groups is 1. The molecule has 0 saturated carbocycles. The lowest BCUT2D eigenvalue weighted by Gasteiger charge is -2.24. The first-order chi connectivity index (χ1) is 20.8. The molecule has 4 N–H and O–H groups in total. The van der Waals surface area contributed by atoms with Crippen molar-refractivity contribution in [2.75, 3.05) is 6.61 Å². The highest BCUT2D eigenvalue weighted by Gasteiger charge is 2.25. The fourth-order valence-corrected chi connectivity index (χ4v) is 6.11. The molecule has 258 valence electrons. The second kappa shape index (κ2) is 31.5. The first kappa shape index (κ1) is 42.5. The van der Waals surface area contributed by atoms with Crippen molar-refractivity contribution in [3.8, 4) is 0 Å². The zero-order valence-corrected chi connectivity index (χ0v) is 29.3. The number of hydrogen-bond donors (Lipinski definition) is 4. The largest absolute Gasteiger partial charge is 0.469 e. The fourth-order valence-electron chi connectivity index (χ4n) is 5.76.